The molecule has 1 aliphatic heterocycles. The number of halogens is 2. The first kappa shape index (κ1) is 17.1. The average molecular weight is 351 g/mol. The van der Waals surface area contributed by atoms with Gasteiger partial charge in [-0.2, -0.15) is 17.0 Å². The summed E-state index contributed by atoms with van der Waals surface area (Å²) in [6, 6.07) is 3.01. The van der Waals surface area contributed by atoms with Crippen LogP contribution in [0.4, 0.5) is 4.39 Å². The highest BCUT2D eigenvalue weighted by atomic mass is 35.5. The fraction of sp³-hybridized carbons (Fsp3) is 0.462. The largest absolute Gasteiger partial charge is 0.480 e. The van der Waals surface area contributed by atoms with Gasteiger partial charge in [0.25, 0.3) is 10.2 Å². The first-order valence-corrected chi connectivity index (χ1v) is 8.41. The summed E-state index contributed by atoms with van der Waals surface area (Å²) in [7, 11) is -2.73. The van der Waals surface area contributed by atoms with E-state index in [0.717, 1.165) is 8.61 Å². The van der Waals surface area contributed by atoms with E-state index in [1.165, 1.54) is 25.2 Å². The predicted octanol–water partition coefficient (Wildman–Crippen LogP) is 1.70. The molecule has 1 N–H and O–H groups in total. The van der Waals surface area contributed by atoms with Gasteiger partial charge in [-0.3, -0.25) is 4.79 Å². The van der Waals surface area contributed by atoms with Gasteiger partial charge in [-0.15, -0.1) is 0 Å². The van der Waals surface area contributed by atoms with Crippen molar-refractivity contribution < 1.29 is 22.7 Å². The number of benzene rings is 1. The third-order valence-corrected chi connectivity index (χ3v) is 5.92. The molecule has 0 radical (unpaired) electrons. The Kier molecular flexibility index (Phi) is 5.06. The van der Waals surface area contributed by atoms with Crippen molar-refractivity contribution in [3.63, 3.8) is 0 Å². The van der Waals surface area contributed by atoms with Gasteiger partial charge in [-0.25, -0.2) is 4.39 Å². The molecule has 1 heterocycles. The Balaban J connectivity index is 2.24. The Hall–Kier alpha value is -1.22. The van der Waals surface area contributed by atoms with Crippen LogP contribution in [0, 0.1) is 5.82 Å². The van der Waals surface area contributed by atoms with Crippen molar-refractivity contribution in [1.29, 1.82) is 0 Å². The molecule has 1 fully saturated rings. The van der Waals surface area contributed by atoms with Crippen LogP contribution in [0.5, 0.6) is 0 Å². The lowest BCUT2D eigenvalue weighted by molar-refractivity contribution is -0.140. The Morgan fingerprint density at radius 1 is 1.55 bits per heavy atom. The second kappa shape index (κ2) is 6.49. The van der Waals surface area contributed by atoms with Crippen molar-refractivity contribution in [2.45, 2.75) is 25.4 Å². The van der Waals surface area contributed by atoms with Crippen molar-refractivity contribution in [1.82, 2.24) is 8.61 Å². The van der Waals surface area contributed by atoms with Gasteiger partial charge in [0.1, 0.15) is 11.9 Å². The van der Waals surface area contributed by atoms with Gasteiger partial charge in [0.15, 0.2) is 0 Å². The summed E-state index contributed by atoms with van der Waals surface area (Å²) < 4.78 is 40.6. The van der Waals surface area contributed by atoms with E-state index in [-0.39, 0.29) is 30.1 Å². The van der Waals surface area contributed by atoms with Crippen LogP contribution < -0.4 is 0 Å². The third-order valence-electron chi connectivity index (χ3n) is 3.62. The monoisotopic (exact) mass is 350 g/mol. The van der Waals surface area contributed by atoms with Crippen molar-refractivity contribution >= 4 is 27.8 Å². The summed E-state index contributed by atoms with van der Waals surface area (Å²) in [6.07, 6.45) is 0.743. The van der Waals surface area contributed by atoms with Crippen LogP contribution >= 0.6 is 11.6 Å². The molecule has 0 unspecified atom stereocenters. The lowest BCUT2D eigenvalue weighted by Crippen LogP contribution is -2.46. The molecule has 1 aromatic carbocycles. The average Bonchev–Trinajstić information content (AvgIpc) is 2.93. The summed E-state index contributed by atoms with van der Waals surface area (Å²) in [6.45, 7) is -0.134. The number of aliphatic carboxylic acids is 1. The molecular weight excluding hydrogens is 335 g/mol. The number of hydrogen-bond donors (Lipinski definition) is 1. The third kappa shape index (κ3) is 3.24. The van der Waals surface area contributed by atoms with Gasteiger partial charge in [-0.05, 0) is 25.0 Å². The minimum absolute atomic E-state index is 0.0568. The first-order chi connectivity index (χ1) is 10.2. The summed E-state index contributed by atoms with van der Waals surface area (Å²) >= 11 is 5.89. The molecule has 1 aromatic rings. The van der Waals surface area contributed by atoms with E-state index in [9.17, 15) is 17.6 Å². The van der Waals surface area contributed by atoms with E-state index in [0.29, 0.717) is 6.42 Å². The normalized spacial score (nSPS) is 19.7. The van der Waals surface area contributed by atoms with Gasteiger partial charge >= 0.3 is 5.97 Å². The number of nitrogens with zero attached hydrogens (tertiary/aromatic N) is 2. The zero-order valence-electron chi connectivity index (χ0n) is 11.9. The predicted molar refractivity (Wildman–Crippen MR) is 79.2 cm³/mol. The molecular formula is C13H16ClFN2O4S. The van der Waals surface area contributed by atoms with Crippen molar-refractivity contribution in [2.24, 2.45) is 0 Å². The van der Waals surface area contributed by atoms with Crippen LogP contribution in [-0.2, 0) is 21.5 Å². The van der Waals surface area contributed by atoms with Crippen molar-refractivity contribution in [3.05, 3.63) is 34.6 Å². The zero-order chi connectivity index (χ0) is 16.5. The van der Waals surface area contributed by atoms with Crippen LogP contribution in [0.1, 0.15) is 18.4 Å². The maximum Gasteiger partial charge on any atom is 0.322 e. The zero-order valence-corrected chi connectivity index (χ0v) is 13.4. The van der Waals surface area contributed by atoms with Crippen LogP contribution in [0.15, 0.2) is 18.2 Å². The van der Waals surface area contributed by atoms with E-state index in [4.69, 9.17) is 16.7 Å². The highest BCUT2D eigenvalue weighted by Crippen LogP contribution is 2.26. The van der Waals surface area contributed by atoms with E-state index < -0.39 is 28.0 Å². The summed E-state index contributed by atoms with van der Waals surface area (Å²) in [4.78, 5) is 11.1. The van der Waals surface area contributed by atoms with Crippen LogP contribution in [-0.4, -0.2) is 47.7 Å². The Morgan fingerprint density at radius 3 is 2.82 bits per heavy atom. The molecule has 1 atom stereocenters. The second-order valence-electron chi connectivity index (χ2n) is 5.07. The molecule has 1 aliphatic rings. The molecule has 122 valence electrons. The smallest absolute Gasteiger partial charge is 0.322 e. The molecule has 0 aromatic heterocycles. The fourth-order valence-electron chi connectivity index (χ4n) is 2.43. The van der Waals surface area contributed by atoms with Gasteiger partial charge in [-0.1, -0.05) is 17.7 Å². The van der Waals surface area contributed by atoms with Gasteiger partial charge in [0.2, 0.25) is 0 Å². The Morgan fingerprint density at radius 2 is 2.23 bits per heavy atom. The number of rotatable bonds is 5. The lowest BCUT2D eigenvalue weighted by atomic mass is 10.2. The number of carboxylic acid groups (broad SMARTS) is 1. The Labute approximate surface area is 133 Å². The first-order valence-electron chi connectivity index (χ1n) is 6.64. The molecule has 0 amide bonds. The van der Waals surface area contributed by atoms with Gasteiger partial charge in [0.05, 0.1) is 0 Å². The van der Waals surface area contributed by atoms with Crippen LogP contribution in [0.2, 0.25) is 5.02 Å². The topological polar surface area (TPSA) is 77.9 Å². The van der Waals surface area contributed by atoms with Crippen LogP contribution in [0.3, 0.4) is 0 Å². The number of hydrogen-bond acceptors (Lipinski definition) is 3. The minimum Gasteiger partial charge on any atom is -0.480 e. The van der Waals surface area contributed by atoms with E-state index in [1.807, 2.05) is 0 Å². The SMILES string of the molecule is CN(Cc1c(F)cccc1Cl)S(=O)(=O)N1CCC[C@@H]1C(=O)O. The van der Waals surface area contributed by atoms with E-state index in [1.54, 1.807) is 0 Å². The van der Waals surface area contributed by atoms with E-state index >= 15 is 0 Å². The molecule has 9 heteroatoms. The van der Waals surface area contributed by atoms with Crippen LogP contribution in [0.25, 0.3) is 0 Å². The standard InChI is InChI=1S/C13H16ClFN2O4S/c1-16(8-9-10(14)4-2-5-11(9)15)22(20,21)17-7-3-6-12(17)13(18)19/h2,4-5,12H,3,6-8H2,1H3,(H,18,19)/t12-/m1/s1. The Bertz CT molecular complexity index is 662. The van der Waals surface area contributed by atoms with Gasteiger partial charge in [0, 0.05) is 30.7 Å². The minimum atomic E-state index is -4.00. The molecule has 0 saturated carbocycles. The van der Waals surface area contributed by atoms with Crippen molar-refractivity contribution in [3.8, 4) is 0 Å². The maximum atomic E-state index is 13.8. The van der Waals surface area contributed by atoms with E-state index in [2.05, 4.69) is 0 Å². The lowest BCUT2D eigenvalue weighted by Gasteiger charge is -2.27. The molecule has 22 heavy (non-hydrogen) atoms. The summed E-state index contributed by atoms with van der Waals surface area (Å²) in [5.41, 5.74) is 0.0568. The quantitative estimate of drug-likeness (QED) is 0.876. The molecule has 0 bridgehead atoms. The molecule has 6 nitrogen and oxygen atoms in total. The molecule has 0 spiro atoms. The maximum absolute atomic E-state index is 13.8. The fourth-order valence-corrected chi connectivity index (χ4v) is 4.18. The summed E-state index contributed by atoms with van der Waals surface area (Å²) in [5.74, 6) is -1.79. The number of carboxylic acids is 1. The van der Waals surface area contributed by atoms with Crippen molar-refractivity contribution in [2.75, 3.05) is 13.6 Å². The molecule has 2 rings (SSSR count). The second-order valence-corrected chi connectivity index (χ2v) is 7.47. The number of carbonyl (C=O) groups is 1. The van der Waals surface area contributed by atoms with Gasteiger partial charge < -0.3 is 5.11 Å². The highest BCUT2D eigenvalue weighted by molar-refractivity contribution is 7.86. The molecule has 0 aliphatic carbocycles. The highest BCUT2D eigenvalue weighted by Gasteiger charge is 2.40. The summed E-state index contributed by atoms with van der Waals surface area (Å²) in [5, 5.41) is 9.22. The molecule has 1 saturated heterocycles.